The number of carboxylic acids is 1. The van der Waals surface area contributed by atoms with E-state index >= 15 is 0 Å². The van der Waals surface area contributed by atoms with Gasteiger partial charge in [-0.15, -0.1) is 0 Å². The first-order valence-electron chi connectivity index (χ1n) is 5.34. The van der Waals surface area contributed by atoms with Gasteiger partial charge in [-0.05, 0) is 45.2 Å². The van der Waals surface area contributed by atoms with E-state index < -0.39 is 11.6 Å². The van der Waals surface area contributed by atoms with Crippen LogP contribution in [0.1, 0.15) is 32.1 Å². The Kier molecular flexibility index (Phi) is 2.49. The van der Waals surface area contributed by atoms with Gasteiger partial charge in [0.25, 0.3) is 0 Å². The van der Waals surface area contributed by atoms with Crippen molar-refractivity contribution in [2.75, 3.05) is 13.1 Å². The molecule has 4 nitrogen and oxygen atoms in total. The van der Waals surface area contributed by atoms with Crippen LogP contribution in [0.3, 0.4) is 0 Å². The van der Waals surface area contributed by atoms with Crippen LogP contribution in [0.4, 0.5) is 0 Å². The van der Waals surface area contributed by atoms with Gasteiger partial charge in [0.2, 0.25) is 0 Å². The minimum atomic E-state index is -1.49. The Morgan fingerprint density at radius 1 is 1.29 bits per heavy atom. The lowest BCUT2D eigenvalue weighted by Gasteiger charge is -2.33. The maximum atomic E-state index is 11.1. The van der Waals surface area contributed by atoms with Gasteiger partial charge in [0.15, 0.2) is 5.60 Å². The summed E-state index contributed by atoms with van der Waals surface area (Å²) in [7, 11) is 0. The number of nitrogens with zero attached hydrogens (tertiary/aromatic N) is 1. The van der Waals surface area contributed by atoms with E-state index in [0.29, 0.717) is 6.42 Å². The molecule has 0 radical (unpaired) electrons. The smallest absolute Gasteiger partial charge is 0.337 e. The molecule has 0 aromatic rings. The van der Waals surface area contributed by atoms with Crippen molar-refractivity contribution in [2.45, 2.75) is 43.7 Å². The van der Waals surface area contributed by atoms with Crippen LogP contribution in [0.25, 0.3) is 0 Å². The van der Waals surface area contributed by atoms with Crippen molar-refractivity contribution in [2.24, 2.45) is 0 Å². The lowest BCUT2D eigenvalue weighted by atomic mass is 9.88. The van der Waals surface area contributed by atoms with Crippen LogP contribution in [0.5, 0.6) is 0 Å². The summed E-state index contributed by atoms with van der Waals surface area (Å²) in [6, 6.07) is -0.150. The van der Waals surface area contributed by atoms with E-state index in [2.05, 4.69) is 4.90 Å². The molecule has 2 fully saturated rings. The Hall–Kier alpha value is -0.610. The highest BCUT2D eigenvalue weighted by atomic mass is 16.4. The van der Waals surface area contributed by atoms with Crippen LogP contribution in [0.15, 0.2) is 0 Å². The second kappa shape index (κ2) is 3.51. The molecule has 14 heavy (non-hydrogen) atoms. The van der Waals surface area contributed by atoms with Crippen LogP contribution in [0.2, 0.25) is 0 Å². The highest BCUT2D eigenvalue weighted by Gasteiger charge is 2.49. The summed E-state index contributed by atoms with van der Waals surface area (Å²) < 4.78 is 0. The number of carbonyl (C=O) groups is 1. The fourth-order valence-electron chi connectivity index (χ4n) is 2.76. The van der Waals surface area contributed by atoms with Crippen LogP contribution < -0.4 is 0 Å². The first-order chi connectivity index (χ1) is 6.64. The van der Waals surface area contributed by atoms with Gasteiger partial charge >= 0.3 is 5.97 Å². The number of hydrogen-bond acceptors (Lipinski definition) is 3. The Bertz CT molecular complexity index is 244. The molecule has 2 N–H and O–H groups in total. The molecule has 80 valence electrons. The zero-order valence-corrected chi connectivity index (χ0v) is 8.28. The third-order valence-corrected chi connectivity index (χ3v) is 3.54. The number of aliphatic carboxylic acids is 1. The second-order valence-electron chi connectivity index (χ2n) is 4.38. The first kappa shape index (κ1) is 9.93. The molecule has 2 aliphatic heterocycles. The summed E-state index contributed by atoms with van der Waals surface area (Å²) in [6.07, 6.45) is 4.06. The summed E-state index contributed by atoms with van der Waals surface area (Å²) in [5.74, 6) is -1.05. The number of aliphatic hydroxyl groups is 1. The monoisotopic (exact) mass is 199 g/mol. The van der Waals surface area contributed by atoms with Crippen molar-refractivity contribution < 1.29 is 15.0 Å². The summed E-state index contributed by atoms with van der Waals surface area (Å²) in [4.78, 5) is 13.2. The Morgan fingerprint density at radius 2 is 2.00 bits per heavy atom. The number of carboxylic acid groups (broad SMARTS) is 1. The van der Waals surface area contributed by atoms with E-state index in [4.69, 9.17) is 5.11 Å². The molecule has 0 saturated carbocycles. The van der Waals surface area contributed by atoms with Crippen LogP contribution in [0, 0.1) is 0 Å². The SMILES string of the molecule is O=C(O)C1(O)CCCCN2CCCC21. The van der Waals surface area contributed by atoms with Crippen LogP contribution in [-0.2, 0) is 4.79 Å². The Labute approximate surface area is 83.5 Å². The fraction of sp³-hybridized carbons (Fsp3) is 0.900. The summed E-state index contributed by atoms with van der Waals surface area (Å²) in [5, 5.41) is 19.3. The van der Waals surface area contributed by atoms with E-state index in [0.717, 1.165) is 38.8 Å². The minimum absolute atomic E-state index is 0.150. The molecule has 2 unspecified atom stereocenters. The second-order valence-corrected chi connectivity index (χ2v) is 4.38. The third-order valence-electron chi connectivity index (χ3n) is 3.54. The predicted molar refractivity (Wildman–Crippen MR) is 51.0 cm³/mol. The highest BCUT2D eigenvalue weighted by Crippen LogP contribution is 2.34. The molecule has 2 aliphatic rings. The zero-order valence-electron chi connectivity index (χ0n) is 8.28. The lowest BCUT2D eigenvalue weighted by molar-refractivity contribution is -0.165. The molecular formula is C10H17NO3. The van der Waals surface area contributed by atoms with E-state index in [1.165, 1.54) is 0 Å². The van der Waals surface area contributed by atoms with Crippen molar-refractivity contribution in [3.05, 3.63) is 0 Å². The highest BCUT2D eigenvalue weighted by molar-refractivity contribution is 5.78. The average Bonchev–Trinajstić information content (AvgIpc) is 2.54. The van der Waals surface area contributed by atoms with Gasteiger partial charge in [0.1, 0.15) is 0 Å². The molecule has 2 rings (SSSR count). The molecule has 0 spiro atoms. The van der Waals surface area contributed by atoms with Crippen molar-refractivity contribution in [3.8, 4) is 0 Å². The average molecular weight is 199 g/mol. The lowest BCUT2D eigenvalue weighted by Crippen LogP contribution is -2.53. The van der Waals surface area contributed by atoms with Gasteiger partial charge in [-0.2, -0.15) is 0 Å². The van der Waals surface area contributed by atoms with E-state index in [1.807, 2.05) is 0 Å². The largest absolute Gasteiger partial charge is 0.479 e. The number of hydrogen-bond donors (Lipinski definition) is 2. The zero-order chi connectivity index (χ0) is 10.2. The van der Waals surface area contributed by atoms with Gasteiger partial charge in [0, 0.05) is 6.04 Å². The normalized spacial score (nSPS) is 39.1. The molecular weight excluding hydrogens is 182 g/mol. The maximum absolute atomic E-state index is 11.1. The topological polar surface area (TPSA) is 60.8 Å². The number of fused-ring (bicyclic) bond motifs is 1. The molecule has 4 heteroatoms. The Balaban J connectivity index is 2.24. The third kappa shape index (κ3) is 1.42. The molecule has 0 bridgehead atoms. The van der Waals surface area contributed by atoms with Crippen LogP contribution in [-0.4, -0.2) is 45.8 Å². The fourth-order valence-corrected chi connectivity index (χ4v) is 2.76. The van der Waals surface area contributed by atoms with E-state index in [9.17, 15) is 9.90 Å². The quantitative estimate of drug-likeness (QED) is 0.643. The van der Waals surface area contributed by atoms with Crippen molar-refractivity contribution in [3.63, 3.8) is 0 Å². The van der Waals surface area contributed by atoms with Gasteiger partial charge < -0.3 is 10.2 Å². The standard InChI is InChI=1S/C10H17NO3/c12-9(13)10(14)5-1-2-6-11-7-3-4-8(10)11/h8,14H,1-7H2,(H,12,13). The summed E-state index contributed by atoms with van der Waals surface area (Å²) in [6.45, 7) is 1.89. The summed E-state index contributed by atoms with van der Waals surface area (Å²) >= 11 is 0. The maximum Gasteiger partial charge on any atom is 0.337 e. The molecule has 0 aliphatic carbocycles. The molecule has 2 heterocycles. The molecule has 0 amide bonds. The molecule has 0 aromatic heterocycles. The van der Waals surface area contributed by atoms with Crippen molar-refractivity contribution in [1.82, 2.24) is 4.90 Å². The predicted octanol–water partition coefficient (Wildman–Crippen LogP) is 0.450. The van der Waals surface area contributed by atoms with Gasteiger partial charge in [-0.3, -0.25) is 4.90 Å². The van der Waals surface area contributed by atoms with Crippen LogP contribution >= 0.6 is 0 Å². The van der Waals surface area contributed by atoms with Crippen molar-refractivity contribution >= 4 is 5.97 Å². The molecule has 2 atom stereocenters. The summed E-state index contributed by atoms with van der Waals surface area (Å²) in [5.41, 5.74) is -1.49. The first-order valence-corrected chi connectivity index (χ1v) is 5.34. The van der Waals surface area contributed by atoms with Gasteiger partial charge in [-0.1, -0.05) is 0 Å². The van der Waals surface area contributed by atoms with Gasteiger partial charge in [0.05, 0.1) is 0 Å². The molecule has 0 aromatic carbocycles. The van der Waals surface area contributed by atoms with Crippen molar-refractivity contribution in [1.29, 1.82) is 0 Å². The molecule has 2 saturated heterocycles. The number of rotatable bonds is 1. The minimum Gasteiger partial charge on any atom is -0.479 e. The van der Waals surface area contributed by atoms with E-state index in [-0.39, 0.29) is 6.04 Å². The van der Waals surface area contributed by atoms with Gasteiger partial charge in [-0.25, -0.2) is 4.79 Å². The Morgan fingerprint density at radius 3 is 2.71 bits per heavy atom. The van der Waals surface area contributed by atoms with E-state index in [1.54, 1.807) is 0 Å².